The molecule has 2 aromatic rings. The Morgan fingerprint density at radius 3 is 2.54 bits per heavy atom. The summed E-state index contributed by atoms with van der Waals surface area (Å²) in [6, 6.07) is 18.4. The van der Waals surface area contributed by atoms with Crippen LogP contribution in [0.4, 0.5) is 0 Å². The Morgan fingerprint density at radius 1 is 1.17 bits per heavy atom. The lowest BCUT2D eigenvalue weighted by Crippen LogP contribution is -2.41. The summed E-state index contributed by atoms with van der Waals surface area (Å²) in [4.78, 5) is 13.6. The zero-order valence-electron chi connectivity index (χ0n) is 13.9. The fraction of sp³-hybridized carbons (Fsp3) is 0.400. The average Bonchev–Trinajstić information content (AvgIpc) is 2.62. The zero-order chi connectivity index (χ0) is 16.9. The second-order valence-electron chi connectivity index (χ2n) is 6.68. The highest BCUT2D eigenvalue weighted by Crippen LogP contribution is 2.36. The molecule has 126 valence electrons. The first-order chi connectivity index (χ1) is 11.7. The summed E-state index contributed by atoms with van der Waals surface area (Å²) >= 11 is 6.03. The molecule has 0 amide bonds. The van der Waals surface area contributed by atoms with Gasteiger partial charge in [0.2, 0.25) is 0 Å². The Kier molecular flexibility index (Phi) is 5.64. The lowest BCUT2D eigenvalue weighted by atomic mass is 9.77. The van der Waals surface area contributed by atoms with Crippen LogP contribution < -0.4 is 0 Å². The molecule has 1 unspecified atom stereocenters. The largest absolute Gasteiger partial charge is 0.298 e. The Morgan fingerprint density at radius 2 is 1.88 bits per heavy atom. The minimum atomic E-state index is -0.162. The first kappa shape index (κ1) is 17.1. The molecular formula is C20H23ClN2O. The van der Waals surface area contributed by atoms with Gasteiger partial charge in [-0.15, -0.1) is 0 Å². The molecule has 0 spiro atoms. The Bertz CT molecular complexity index is 659. The molecule has 2 aromatic carbocycles. The first-order valence-corrected chi connectivity index (χ1v) is 8.89. The molecule has 1 fully saturated rings. The molecule has 0 aromatic heterocycles. The summed E-state index contributed by atoms with van der Waals surface area (Å²) in [5.41, 5.74) is 2.57. The van der Waals surface area contributed by atoms with E-state index in [4.69, 9.17) is 11.6 Å². The van der Waals surface area contributed by atoms with Crippen molar-refractivity contribution in [2.24, 2.45) is 11.1 Å². The van der Waals surface area contributed by atoms with E-state index in [0.717, 1.165) is 31.1 Å². The van der Waals surface area contributed by atoms with E-state index in [9.17, 15) is 4.91 Å². The molecule has 0 aliphatic carbocycles. The Labute approximate surface area is 148 Å². The van der Waals surface area contributed by atoms with Crippen molar-refractivity contribution in [1.29, 1.82) is 0 Å². The molecule has 3 rings (SSSR count). The second kappa shape index (κ2) is 7.91. The van der Waals surface area contributed by atoms with Crippen LogP contribution in [0, 0.1) is 10.8 Å². The summed E-state index contributed by atoms with van der Waals surface area (Å²) in [6.45, 7) is 4.83. The van der Waals surface area contributed by atoms with E-state index in [0.29, 0.717) is 5.92 Å². The van der Waals surface area contributed by atoms with Crippen molar-refractivity contribution in [2.45, 2.75) is 31.8 Å². The minimum Gasteiger partial charge on any atom is -0.298 e. The van der Waals surface area contributed by atoms with Crippen LogP contribution in [0.3, 0.4) is 0 Å². The maximum absolute atomic E-state index is 11.1. The predicted molar refractivity (Wildman–Crippen MR) is 99.3 cm³/mol. The number of hydrogen-bond acceptors (Lipinski definition) is 3. The SMILES string of the molecule is CC(N=O)[C@H]1CCN(Cc2ccccc2)C[C@@H]1c1ccc(Cl)cc1. The second-order valence-corrected chi connectivity index (χ2v) is 7.11. The highest BCUT2D eigenvalue weighted by Gasteiger charge is 2.34. The van der Waals surface area contributed by atoms with Gasteiger partial charge in [-0.2, -0.15) is 4.91 Å². The van der Waals surface area contributed by atoms with Crippen LogP contribution in [0.1, 0.15) is 30.4 Å². The summed E-state index contributed by atoms with van der Waals surface area (Å²) in [5, 5.41) is 4.06. The number of rotatable bonds is 5. The monoisotopic (exact) mass is 342 g/mol. The molecule has 3 atom stereocenters. The van der Waals surface area contributed by atoms with E-state index in [1.165, 1.54) is 11.1 Å². The number of halogens is 1. The van der Waals surface area contributed by atoms with Crippen LogP contribution >= 0.6 is 11.6 Å². The molecule has 4 heteroatoms. The van der Waals surface area contributed by atoms with Crippen LogP contribution in [0.2, 0.25) is 5.02 Å². The van der Waals surface area contributed by atoms with Crippen molar-refractivity contribution in [3.63, 3.8) is 0 Å². The Balaban J connectivity index is 1.79. The van der Waals surface area contributed by atoms with Crippen molar-refractivity contribution < 1.29 is 0 Å². The fourth-order valence-corrected chi connectivity index (χ4v) is 3.87. The topological polar surface area (TPSA) is 32.7 Å². The van der Waals surface area contributed by atoms with Crippen LogP contribution in [-0.4, -0.2) is 24.0 Å². The van der Waals surface area contributed by atoms with Gasteiger partial charge in [-0.05, 0) is 49.1 Å². The number of benzene rings is 2. The van der Waals surface area contributed by atoms with E-state index in [-0.39, 0.29) is 12.0 Å². The third-order valence-electron chi connectivity index (χ3n) is 5.08. The van der Waals surface area contributed by atoms with Gasteiger partial charge in [0.15, 0.2) is 0 Å². The van der Waals surface area contributed by atoms with Crippen LogP contribution in [0.5, 0.6) is 0 Å². The molecule has 0 saturated carbocycles. The highest BCUT2D eigenvalue weighted by molar-refractivity contribution is 6.30. The van der Waals surface area contributed by atoms with Crippen molar-refractivity contribution in [1.82, 2.24) is 4.90 Å². The van der Waals surface area contributed by atoms with Crippen molar-refractivity contribution in [3.8, 4) is 0 Å². The van der Waals surface area contributed by atoms with Crippen molar-refractivity contribution in [2.75, 3.05) is 13.1 Å². The number of hydrogen-bond donors (Lipinski definition) is 0. The number of nitrogens with zero attached hydrogens (tertiary/aromatic N) is 2. The smallest absolute Gasteiger partial charge is 0.0926 e. The molecular weight excluding hydrogens is 320 g/mol. The summed E-state index contributed by atoms with van der Waals surface area (Å²) in [5.74, 6) is 0.600. The molecule has 3 nitrogen and oxygen atoms in total. The summed E-state index contributed by atoms with van der Waals surface area (Å²) in [6.07, 6.45) is 0.993. The van der Waals surface area contributed by atoms with E-state index in [1.807, 2.05) is 25.1 Å². The maximum atomic E-state index is 11.1. The van der Waals surface area contributed by atoms with E-state index in [2.05, 4.69) is 46.5 Å². The fourth-order valence-electron chi connectivity index (χ4n) is 3.74. The average molecular weight is 343 g/mol. The van der Waals surface area contributed by atoms with Gasteiger partial charge >= 0.3 is 0 Å². The van der Waals surface area contributed by atoms with Crippen molar-refractivity contribution in [3.05, 3.63) is 75.7 Å². The van der Waals surface area contributed by atoms with Gasteiger partial charge in [-0.1, -0.05) is 59.2 Å². The lowest BCUT2D eigenvalue weighted by Gasteiger charge is -2.40. The van der Waals surface area contributed by atoms with Gasteiger partial charge in [-0.25, -0.2) is 0 Å². The standard InChI is InChI=1S/C20H23ClN2O/c1-15(22-24)19-11-12-23(13-16-5-3-2-4-6-16)14-20(19)17-7-9-18(21)10-8-17/h2-10,15,19-20H,11-14H2,1H3/t15?,19-,20-/m1/s1. The van der Waals surface area contributed by atoms with Crippen LogP contribution in [0.25, 0.3) is 0 Å². The lowest BCUT2D eigenvalue weighted by molar-refractivity contribution is 0.140. The van der Waals surface area contributed by atoms with Gasteiger partial charge in [-0.3, -0.25) is 4.90 Å². The third-order valence-corrected chi connectivity index (χ3v) is 5.34. The zero-order valence-corrected chi connectivity index (χ0v) is 14.7. The highest BCUT2D eigenvalue weighted by atomic mass is 35.5. The third kappa shape index (κ3) is 4.03. The number of piperidine rings is 1. The van der Waals surface area contributed by atoms with Gasteiger partial charge < -0.3 is 0 Å². The molecule has 0 bridgehead atoms. The van der Waals surface area contributed by atoms with Crippen LogP contribution in [0.15, 0.2) is 59.8 Å². The quantitative estimate of drug-likeness (QED) is 0.708. The van der Waals surface area contributed by atoms with Gasteiger partial charge in [0, 0.05) is 24.0 Å². The molecule has 1 heterocycles. The first-order valence-electron chi connectivity index (χ1n) is 8.51. The Hall–Kier alpha value is -1.71. The van der Waals surface area contributed by atoms with E-state index >= 15 is 0 Å². The predicted octanol–water partition coefficient (Wildman–Crippen LogP) is 5.10. The number of likely N-dealkylation sites (tertiary alicyclic amines) is 1. The normalized spacial score (nSPS) is 22.9. The van der Waals surface area contributed by atoms with Gasteiger partial charge in [0.1, 0.15) is 0 Å². The minimum absolute atomic E-state index is 0.162. The van der Waals surface area contributed by atoms with Crippen molar-refractivity contribution >= 4 is 11.6 Å². The maximum Gasteiger partial charge on any atom is 0.0926 e. The molecule has 24 heavy (non-hydrogen) atoms. The molecule has 0 N–H and O–H groups in total. The van der Waals surface area contributed by atoms with Gasteiger partial charge in [0.25, 0.3) is 0 Å². The molecule has 1 aliphatic rings. The summed E-state index contributed by atoms with van der Waals surface area (Å²) in [7, 11) is 0. The number of nitroso groups, excluding NO2 is 1. The molecule has 1 saturated heterocycles. The van der Waals surface area contributed by atoms with E-state index in [1.54, 1.807) is 0 Å². The van der Waals surface area contributed by atoms with Crippen LogP contribution in [-0.2, 0) is 6.54 Å². The summed E-state index contributed by atoms with van der Waals surface area (Å²) < 4.78 is 0. The molecule has 1 aliphatic heterocycles. The van der Waals surface area contributed by atoms with Gasteiger partial charge in [0.05, 0.1) is 6.04 Å². The molecule has 0 radical (unpaired) electrons. The van der Waals surface area contributed by atoms with E-state index < -0.39 is 0 Å².